The molecule has 2 rings (SSSR count). The largest absolute Gasteiger partial charge is 0.495 e. The van der Waals surface area contributed by atoms with Crippen molar-refractivity contribution in [2.75, 3.05) is 7.11 Å². The second kappa shape index (κ2) is 6.85. The van der Waals surface area contributed by atoms with Gasteiger partial charge in [0.1, 0.15) is 16.4 Å². The Balaban J connectivity index is 2.42. The van der Waals surface area contributed by atoms with Gasteiger partial charge >= 0.3 is 10.1 Å². The lowest BCUT2D eigenvalue weighted by Crippen LogP contribution is -2.12. The van der Waals surface area contributed by atoms with Crippen LogP contribution in [0.2, 0.25) is 0 Å². The number of ether oxygens (including phenoxy) is 1. The predicted octanol–water partition coefficient (Wildman–Crippen LogP) is 4.51. The number of hydrogen-bond acceptors (Lipinski definition) is 4. The zero-order chi connectivity index (χ0) is 18.1. The van der Waals surface area contributed by atoms with Crippen molar-refractivity contribution in [3.05, 3.63) is 52.6 Å². The van der Waals surface area contributed by atoms with E-state index in [0.717, 1.165) is 16.7 Å². The van der Waals surface area contributed by atoms with Gasteiger partial charge in [-0.3, -0.25) is 0 Å². The molecule has 0 amide bonds. The van der Waals surface area contributed by atoms with Gasteiger partial charge in [-0.2, -0.15) is 8.42 Å². The standard InChI is InChI=1S/C19H24O4S/c1-12(2)17-8-7-16(9-15(17)5)23-24(20,21)19-11-14(4)13(3)10-18(19)22-6/h7-12H,1-6H3. The first-order valence-electron chi connectivity index (χ1n) is 7.86. The van der Waals surface area contributed by atoms with E-state index in [0.29, 0.717) is 11.7 Å². The summed E-state index contributed by atoms with van der Waals surface area (Å²) in [5, 5.41) is 0. The van der Waals surface area contributed by atoms with E-state index in [9.17, 15) is 8.42 Å². The van der Waals surface area contributed by atoms with Crippen LogP contribution >= 0.6 is 0 Å². The fourth-order valence-electron chi connectivity index (χ4n) is 2.64. The van der Waals surface area contributed by atoms with Crippen LogP contribution in [0.4, 0.5) is 0 Å². The third kappa shape index (κ3) is 3.73. The highest BCUT2D eigenvalue weighted by Crippen LogP contribution is 2.31. The highest BCUT2D eigenvalue weighted by atomic mass is 32.2. The number of methoxy groups -OCH3 is 1. The van der Waals surface area contributed by atoms with Crippen LogP contribution in [-0.4, -0.2) is 15.5 Å². The normalized spacial score (nSPS) is 11.6. The van der Waals surface area contributed by atoms with E-state index in [-0.39, 0.29) is 10.6 Å². The average molecular weight is 348 g/mol. The molecule has 0 spiro atoms. The molecule has 0 aliphatic rings. The van der Waals surface area contributed by atoms with Crippen LogP contribution in [0.5, 0.6) is 11.5 Å². The van der Waals surface area contributed by atoms with Crippen molar-refractivity contribution in [3.63, 3.8) is 0 Å². The summed E-state index contributed by atoms with van der Waals surface area (Å²) in [5.74, 6) is 0.960. The summed E-state index contributed by atoms with van der Waals surface area (Å²) in [6, 6.07) is 8.63. The topological polar surface area (TPSA) is 52.6 Å². The maximum Gasteiger partial charge on any atom is 0.342 e. The van der Waals surface area contributed by atoms with Crippen molar-refractivity contribution in [2.24, 2.45) is 0 Å². The van der Waals surface area contributed by atoms with Crippen molar-refractivity contribution < 1.29 is 17.3 Å². The summed E-state index contributed by atoms with van der Waals surface area (Å²) in [7, 11) is -2.52. The van der Waals surface area contributed by atoms with Crippen molar-refractivity contribution in [2.45, 2.75) is 45.4 Å². The molecule has 0 N–H and O–H groups in total. The fourth-order valence-corrected chi connectivity index (χ4v) is 3.79. The third-order valence-electron chi connectivity index (χ3n) is 4.12. The highest BCUT2D eigenvalue weighted by Gasteiger charge is 2.23. The van der Waals surface area contributed by atoms with Gasteiger partial charge in [0.2, 0.25) is 0 Å². The Morgan fingerprint density at radius 2 is 1.54 bits per heavy atom. The van der Waals surface area contributed by atoms with E-state index in [1.54, 1.807) is 24.3 Å². The predicted molar refractivity (Wildman–Crippen MR) is 95.5 cm³/mol. The molecule has 0 aliphatic heterocycles. The smallest absolute Gasteiger partial charge is 0.342 e. The molecular formula is C19H24O4S. The second-order valence-corrected chi connectivity index (χ2v) is 7.81. The van der Waals surface area contributed by atoms with Gasteiger partial charge < -0.3 is 8.92 Å². The van der Waals surface area contributed by atoms with E-state index in [2.05, 4.69) is 13.8 Å². The summed E-state index contributed by atoms with van der Waals surface area (Å²) < 4.78 is 35.9. The van der Waals surface area contributed by atoms with E-state index in [4.69, 9.17) is 8.92 Å². The number of rotatable bonds is 5. The van der Waals surface area contributed by atoms with E-state index in [1.165, 1.54) is 12.7 Å². The Kier molecular flexibility index (Phi) is 5.23. The number of benzene rings is 2. The zero-order valence-corrected chi connectivity index (χ0v) is 15.8. The van der Waals surface area contributed by atoms with Crippen LogP contribution in [0, 0.1) is 20.8 Å². The van der Waals surface area contributed by atoms with Crippen molar-refractivity contribution in [3.8, 4) is 11.5 Å². The Bertz CT molecular complexity index is 852. The molecule has 0 aliphatic carbocycles. The molecule has 0 bridgehead atoms. The Labute approximate surface area is 144 Å². The third-order valence-corrected chi connectivity index (χ3v) is 5.39. The molecule has 0 saturated heterocycles. The van der Waals surface area contributed by atoms with Crippen molar-refractivity contribution >= 4 is 10.1 Å². The second-order valence-electron chi connectivity index (χ2n) is 6.30. The highest BCUT2D eigenvalue weighted by molar-refractivity contribution is 7.87. The number of hydrogen-bond donors (Lipinski definition) is 0. The first-order chi connectivity index (χ1) is 11.2. The molecule has 24 heavy (non-hydrogen) atoms. The lowest BCUT2D eigenvalue weighted by Gasteiger charge is -2.15. The zero-order valence-electron chi connectivity index (χ0n) is 15.0. The summed E-state index contributed by atoms with van der Waals surface area (Å²) in [5.41, 5.74) is 4.00. The minimum atomic E-state index is -3.97. The SMILES string of the molecule is COc1cc(C)c(C)cc1S(=O)(=O)Oc1ccc(C(C)C)c(C)c1. The van der Waals surface area contributed by atoms with Crippen LogP contribution in [0.15, 0.2) is 35.2 Å². The maximum atomic E-state index is 12.7. The van der Waals surface area contributed by atoms with Crippen molar-refractivity contribution in [1.82, 2.24) is 0 Å². The van der Waals surface area contributed by atoms with Crippen LogP contribution in [0.25, 0.3) is 0 Å². The van der Waals surface area contributed by atoms with Crippen LogP contribution < -0.4 is 8.92 Å². The lowest BCUT2D eigenvalue weighted by molar-refractivity contribution is 0.397. The van der Waals surface area contributed by atoms with Crippen molar-refractivity contribution in [1.29, 1.82) is 0 Å². The summed E-state index contributed by atoms with van der Waals surface area (Å²) in [6.45, 7) is 9.91. The minimum absolute atomic E-state index is 0.0405. The molecule has 0 atom stereocenters. The first kappa shape index (κ1) is 18.3. The van der Waals surface area contributed by atoms with Gasteiger partial charge in [-0.05, 0) is 73.2 Å². The molecule has 0 radical (unpaired) electrons. The van der Waals surface area contributed by atoms with E-state index < -0.39 is 10.1 Å². The molecule has 5 heteroatoms. The van der Waals surface area contributed by atoms with E-state index in [1.807, 2.05) is 26.8 Å². The monoisotopic (exact) mass is 348 g/mol. The Morgan fingerprint density at radius 3 is 2.08 bits per heavy atom. The van der Waals surface area contributed by atoms with E-state index >= 15 is 0 Å². The molecule has 0 aromatic heterocycles. The summed E-state index contributed by atoms with van der Waals surface area (Å²) in [6.07, 6.45) is 0. The van der Waals surface area contributed by atoms with Gasteiger partial charge in [0.05, 0.1) is 7.11 Å². The van der Waals surface area contributed by atoms with Gasteiger partial charge in [-0.25, -0.2) is 0 Å². The van der Waals surface area contributed by atoms with Gasteiger partial charge in [-0.1, -0.05) is 19.9 Å². The quantitative estimate of drug-likeness (QED) is 0.746. The molecule has 0 fully saturated rings. The molecule has 0 heterocycles. The summed E-state index contributed by atoms with van der Waals surface area (Å²) >= 11 is 0. The minimum Gasteiger partial charge on any atom is -0.495 e. The van der Waals surface area contributed by atoms with Gasteiger partial charge in [0.25, 0.3) is 0 Å². The molecule has 130 valence electrons. The van der Waals surface area contributed by atoms with Crippen LogP contribution in [-0.2, 0) is 10.1 Å². The number of aryl methyl sites for hydroxylation is 3. The van der Waals surface area contributed by atoms with Crippen LogP contribution in [0.3, 0.4) is 0 Å². The van der Waals surface area contributed by atoms with Gasteiger partial charge in [0, 0.05) is 0 Å². The van der Waals surface area contributed by atoms with Crippen LogP contribution in [0.1, 0.15) is 42.0 Å². The molecule has 2 aromatic rings. The molecule has 0 unspecified atom stereocenters. The van der Waals surface area contributed by atoms with Gasteiger partial charge in [0.15, 0.2) is 0 Å². The summed E-state index contributed by atoms with van der Waals surface area (Å²) in [4.78, 5) is 0.0405. The Hall–Kier alpha value is -2.01. The first-order valence-corrected chi connectivity index (χ1v) is 9.26. The molecule has 4 nitrogen and oxygen atoms in total. The molecule has 2 aromatic carbocycles. The molecular weight excluding hydrogens is 324 g/mol. The Morgan fingerprint density at radius 1 is 0.917 bits per heavy atom. The van der Waals surface area contributed by atoms with Gasteiger partial charge in [-0.15, -0.1) is 0 Å². The lowest BCUT2D eigenvalue weighted by atomic mass is 9.98. The average Bonchev–Trinajstić information content (AvgIpc) is 2.48. The maximum absolute atomic E-state index is 12.7. The fraction of sp³-hybridized carbons (Fsp3) is 0.368. The molecule has 0 saturated carbocycles.